The third-order valence-corrected chi connectivity index (χ3v) is 5.31. The van der Waals surface area contributed by atoms with Crippen molar-refractivity contribution in [2.75, 3.05) is 6.54 Å². The first-order chi connectivity index (χ1) is 13.6. The Bertz CT molecular complexity index is 591. The first-order valence-electron chi connectivity index (χ1n) is 10.7. The van der Waals surface area contributed by atoms with Gasteiger partial charge in [0.25, 0.3) is 0 Å². The van der Waals surface area contributed by atoms with Gasteiger partial charge in [-0.05, 0) is 31.1 Å². The van der Waals surface area contributed by atoms with E-state index in [1.165, 1.54) is 5.01 Å². The van der Waals surface area contributed by atoms with Crippen molar-refractivity contribution in [3.63, 3.8) is 0 Å². The van der Waals surface area contributed by atoms with E-state index in [1.54, 1.807) is 6.92 Å². The summed E-state index contributed by atoms with van der Waals surface area (Å²) < 4.78 is 0. The Morgan fingerprint density at radius 1 is 1.14 bits per heavy atom. The highest BCUT2D eigenvalue weighted by Gasteiger charge is 2.37. The quantitative estimate of drug-likeness (QED) is 0.480. The number of hydrazine groups is 1. The van der Waals surface area contributed by atoms with Crippen molar-refractivity contribution in [1.82, 2.24) is 15.8 Å². The molecule has 0 radical (unpaired) electrons. The Morgan fingerprint density at radius 3 is 2.31 bits per heavy atom. The minimum Gasteiger partial charge on any atom is -0.481 e. The number of carbonyl (C=O) groups is 4. The molecule has 1 saturated heterocycles. The maximum atomic E-state index is 13.1. The van der Waals surface area contributed by atoms with Gasteiger partial charge in [-0.1, -0.05) is 41.0 Å². The molecule has 0 aromatic rings. The summed E-state index contributed by atoms with van der Waals surface area (Å²) in [4.78, 5) is 49.5. The first-order valence-corrected chi connectivity index (χ1v) is 10.7. The average Bonchev–Trinajstić information content (AvgIpc) is 2.67. The summed E-state index contributed by atoms with van der Waals surface area (Å²) in [6.45, 7) is 10.1. The van der Waals surface area contributed by atoms with Crippen LogP contribution in [0, 0.1) is 17.8 Å². The molecule has 3 N–H and O–H groups in total. The topological polar surface area (TPSA) is 116 Å². The molecular weight excluding hydrogens is 374 g/mol. The summed E-state index contributed by atoms with van der Waals surface area (Å²) in [7, 11) is 0. The molecule has 29 heavy (non-hydrogen) atoms. The van der Waals surface area contributed by atoms with Crippen LogP contribution in [0.1, 0.15) is 73.1 Å². The van der Waals surface area contributed by atoms with Gasteiger partial charge in [-0.2, -0.15) is 0 Å². The zero-order valence-electron chi connectivity index (χ0n) is 18.4. The molecule has 166 valence electrons. The Labute approximate surface area is 173 Å². The van der Waals surface area contributed by atoms with Crippen LogP contribution in [0.25, 0.3) is 0 Å². The highest BCUT2D eigenvalue weighted by molar-refractivity contribution is 5.93. The predicted octanol–water partition coefficient (Wildman–Crippen LogP) is 2.13. The average molecular weight is 412 g/mol. The van der Waals surface area contributed by atoms with Gasteiger partial charge < -0.3 is 10.4 Å². The highest BCUT2D eigenvalue weighted by Crippen LogP contribution is 2.22. The van der Waals surface area contributed by atoms with Crippen LogP contribution in [0.15, 0.2) is 0 Å². The van der Waals surface area contributed by atoms with Crippen molar-refractivity contribution in [1.29, 1.82) is 0 Å². The number of hydrogen-bond acceptors (Lipinski definition) is 5. The molecule has 1 heterocycles. The van der Waals surface area contributed by atoms with Crippen molar-refractivity contribution in [3.05, 3.63) is 0 Å². The standard InChI is InChI=1S/C21H37N3O5/c1-6-17(25)19(14(4)5)23-20(28)16-8-7-11-22-24(16)21(29)15(12-18(26)27)10-9-13(2)3/h13-16,19,22H,6-12H2,1-5H3,(H,23,28)(H,26,27)/t15-,16+,19?/m1/s1. The summed E-state index contributed by atoms with van der Waals surface area (Å²) in [5.74, 6) is -2.21. The fourth-order valence-corrected chi connectivity index (χ4v) is 3.56. The molecule has 0 aromatic heterocycles. The van der Waals surface area contributed by atoms with E-state index in [4.69, 9.17) is 0 Å². The molecule has 1 rings (SSSR count). The molecular formula is C21H37N3O5. The van der Waals surface area contributed by atoms with Crippen molar-refractivity contribution in [2.45, 2.75) is 85.2 Å². The molecule has 1 aliphatic rings. The largest absolute Gasteiger partial charge is 0.481 e. The van der Waals surface area contributed by atoms with Gasteiger partial charge in [0.1, 0.15) is 6.04 Å². The van der Waals surface area contributed by atoms with Gasteiger partial charge >= 0.3 is 5.97 Å². The Kier molecular flexibility index (Phi) is 10.3. The number of carboxylic acids is 1. The molecule has 8 nitrogen and oxygen atoms in total. The summed E-state index contributed by atoms with van der Waals surface area (Å²) in [5, 5.41) is 13.4. The number of Topliss-reactive ketones (excluding diaryl/α,β-unsaturated/α-hetero) is 1. The van der Waals surface area contributed by atoms with Crippen LogP contribution in [0.4, 0.5) is 0 Å². The maximum absolute atomic E-state index is 13.1. The maximum Gasteiger partial charge on any atom is 0.304 e. The van der Waals surface area contributed by atoms with Gasteiger partial charge in [0.15, 0.2) is 5.78 Å². The number of carboxylic acid groups (broad SMARTS) is 1. The van der Waals surface area contributed by atoms with E-state index in [0.29, 0.717) is 38.1 Å². The third kappa shape index (κ3) is 7.76. The monoisotopic (exact) mass is 411 g/mol. The van der Waals surface area contributed by atoms with E-state index in [9.17, 15) is 24.3 Å². The van der Waals surface area contributed by atoms with Gasteiger partial charge in [0.05, 0.1) is 12.5 Å². The molecule has 1 aliphatic heterocycles. The molecule has 0 spiro atoms. The van der Waals surface area contributed by atoms with Gasteiger partial charge in [-0.3, -0.25) is 24.2 Å². The van der Waals surface area contributed by atoms with Crippen LogP contribution >= 0.6 is 0 Å². The van der Waals surface area contributed by atoms with Crippen molar-refractivity contribution < 1.29 is 24.3 Å². The van der Waals surface area contributed by atoms with Crippen LogP contribution in [0.2, 0.25) is 0 Å². The number of nitrogens with zero attached hydrogens (tertiary/aromatic N) is 1. The van der Waals surface area contributed by atoms with Crippen LogP contribution in [0.5, 0.6) is 0 Å². The second-order valence-electron chi connectivity index (χ2n) is 8.59. The smallest absolute Gasteiger partial charge is 0.304 e. The summed E-state index contributed by atoms with van der Waals surface area (Å²) in [6.07, 6.45) is 2.43. The molecule has 0 aliphatic carbocycles. The van der Waals surface area contributed by atoms with Gasteiger partial charge in [-0.15, -0.1) is 0 Å². The van der Waals surface area contributed by atoms with E-state index >= 15 is 0 Å². The van der Waals surface area contributed by atoms with E-state index in [0.717, 1.165) is 6.42 Å². The van der Waals surface area contributed by atoms with Crippen molar-refractivity contribution >= 4 is 23.6 Å². The van der Waals surface area contributed by atoms with Gasteiger partial charge in [0.2, 0.25) is 11.8 Å². The lowest BCUT2D eigenvalue weighted by molar-refractivity contribution is -0.153. The number of amides is 2. The third-order valence-electron chi connectivity index (χ3n) is 5.31. The molecule has 1 fully saturated rings. The fraction of sp³-hybridized carbons (Fsp3) is 0.810. The minimum atomic E-state index is -1.03. The van der Waals surface area contributed by atoms with Crippen molar-refractivity contribution in [2.24, 2.45) is 17.8 Å². The van der Waals surface area contributed by atoms with Crippen molar-refractivity contribution in [3.8, 4) is 0 Å². The van der Waals surface area contributed by atoms with Gasteiger partial charge in [0, 0.05) is 18.9 Å². The van der Waals surface area contributed by atoms with Crippen LogP contribution in [0.3, 0.4) is 0 Å². The number of aliphatic carboxylic acids is 1. The molecule has 3 atom stereocenters. The first kappa shape index (κ1) is 25.1. The molecule has 0 bridgehead atoms. The summed E-state index contributed by atoms with van der Waals surface area (Å²) >= 11 is 0. The summed E-state index contributed by atoms with van der Waals surface area (Å²) in [5.41, 5.74) is 2.98. The second-order valence-corrected chi connectivity index (χ2v) is 8.59. The van der Waals surface area contributed by atoms with Crippen LogP contribution in [-0.4, -0.2) is 52.3 Å². The second kappa shape index (κ2) is 11.9. The lowest BCUT2D eigenvalue weighted by atomic mass is 9.93. The Hall–Kier alpha value is -1.96. The number of hydrogen-bond donors (Lipinski definition) is 3. The predicted molar refractivity (Wildman–Crippen MR) is 110 cm³/mol. The Morgan fingerprint density at radius 2 is 1.79 bits per heavy atom. The molecule has 8 heteroatoms. The highest BCUT2D eigenvalue weighted by atomic mass is 16.4. The van der Waals surface area contributed by atoms with E-state index in [-0.39, 0.29) is 29.9 Å². The number of ketones is 1. The summed E-state index contributed by atoms with van der Waals surface area (Å²) in [6, 6.07) is -1.35. The lowest BCUT2D eigenvalue weighted by Crippen LogP contribution is -2.61. The molecule has 2 amide bonds. The molecule has 0 saturated carbocycles. The van der Waals surface area contributed by atoms with Crippen LogP contribution in [-0.2, 0) is 19.2 Å². The Balaban J connectivity index is 2.97. The zero-order valence-corrected chi connectivity index (χ0v) is 18.4. The fourth-order valence-electron chi connectivity index (χ4n) is 3.56. The number of nitrogens with one attached hydrogen (secondary N) is 2. The number of rotatable bonds is 11. The van der Waals surface area contributed by atoms with E-state index in [1.807, 2.05) is 27.7 Å². The van der Waals surface area contributed by atoms with Crippen LogP contribution < -0.4 is 10.7 Å². The van der Waals surface area contributed by atoms with E-state index in [2.05, 4.69) is 10.7 Å². The van der Waals surface area contributed by atoms with Gasteiger partial charge in [-0.25, -0.2) is 5.43 Å². The lowest BCUT2D eigenvalue weighted by Gasteiger charge is -2.38. The molecule has 1 unspecified atom stereocenters. The van der Waals surface area contributed by atoms with E-state index < -0.39 is 24.0 Å². The SMILES string of the molecule is CCC(=O)C(NC(=O)[C@@H]1CCCNN1C(=O)[C@H](CCC(C)C)CC(=O)O)C(C)C. The zero-order chi connectivity index (χ0) is 22.1. The molecule has 0 aromatic carbocycles. The minimum absolute atomic E-state index is 0.0457. The number of carbonyl (C=O) groups excluding carboxylic acids is 3. The normalized spacial score (nSPS) is 19.1.